The van der Waals surface area contributed by atoms with Crippen LogP contribution in [0, 0.1) is 29.6 Å². The van der Waals surface area contributed by atoms with Crippen LogP contribution >= 0.6 is 0 Å². The second-order valence-electron chi connectivity index (χ2n) is 15.6. The van der Waals surface area contributed by atoms with Crippen LogP contribution in [0.5, 0.6) is 0 Å². The number of terminal acetylenes is 1. The van der Waals surface area contributed by atoms with Gasteiger partial charge >= 0.3 is 0 Å². The summed E-state index contributed by atoms with van der Waals surface area (Å²) in [7, 11) is 0. The van der Waals surface area contributed by atoms with Gasteiger partial charge in [-0.2, -0.15) is 0 Å². The van der Waals surface area contributed by atoms with E-state index >= 15 is 0 Å². The highest BCUT2D eigenvalue weighted by Crippen LogP contribution is 2.57. The predicted molar refractivity (Wildman–Crippen MR) is 220 cm³/mol. The van der Waals surface area contributed by atoms with Crippen LogP contribution in [-0.2, 0) is 5.41 Å². The van der Waals surface area contributed by atoms with Crippen LogP contribution in [0.1, 0.15) is 63.4 Å². The average molecular weight is 673 g/mol. The fourth-order valence-electron chi connectivity index (χ4n) is 9.55. The van der Waals surface area contributed by atoms with Crippen LogP contribution in [0.3, 0.4) is 0 Å². The van der Waals surface area contributed by atoms with E-state index < -0.39 is 0 Å². The van der Waals surface area contributed by atoms with Crippen LogP contribution in [0.2, 0.25) is 0 Å². The first kappa shape index (κ1) is 32.1. The molecule has 0 amide bonds. The van der Waals surface area contributed by atoms with Crippen molar-refractivity contribution >= 4 is 28.4 Å². The van der Waals surface area contributed by atoms with Gasteiger partial charge in [0.15, 0.2) is 0 Å². The SMILES string of the molecule is C#Cc1c(/C=C\C)n(-c2ccccc2)c2ccc(N(C3=CCC=C4C(=C3)C(C)(C)C3C=CC=CC43)c3ccc4c(c3)C(C)(C)c3ccccc3-4)cc12. The normalized spacial score (nSPS) is 20.3. The molecule has 2 nitrogen and oxygen atoms in total. The van der Waals surface area contributed by atoms with E-state index in [4.69, 9.17) is 6.42 Å². The number of nitrogens with zero attached hydrogens (tertiary/aromatic N) is 2. The van der Waals surface area contributed by atoms with E-state index in [1.807, 2.05) is 0 Å². The van der Waals surface area contributed by atoms with Crippen molar-refractivity contribution in [1.82, 2.24) is 4.57 Å². The second-order valence-corrected chi connectivity index (χ2v) is 15.6. The molecule has 0 N–H and O–H groups in total. The Morgan fingerprint density at radius 1 is 0.808 bits per heavy atom. The molecule has 0 radical (unpaired) electrons. The molecule has 2 atom stereocenters. The van der Waals surface area contributed by atoms with Gasteiger partial charge in [-0.25, -0.2) is 0 Å². The van der Waals surface area contributed by atoms with Crippen molar-refractivity contribution < 1.29 is 0 Å². The third kappa shape index (κ3) is 4.65. The largest absolute Gasteiger partial charge is 0.311 e. The Bertz CT molecular complexity index is 2510. The highest BCUT2D eigenvalue weighted by atomic mass is 15.1. The Hall–Kier alpha value is -5.78. The number of hydrogen-bond acceptors (Lipinski definition) is 1. The Morgan fingerprint density at radius 3 is 2.35 bits per heavy atom. The summed E-state index contributed by atoms with van der Waals surface area (Å²) >= 11 is 0. The standard InChI is InChI=1S/C50H44N2/c1-7-17-47-37(8-2)42-30-35(27-29-48(42)52(47)33-18-10-9-11-19-33)51(36-26-28-41-39-22-13-15-25-44(39)50(5,6)46(41)32-36)34-20-16-23-40-38-21-12-14-24-43(38)49(3,4)45(40)31-34/h2,7,9-15,17-32,38,43H,16H2,1,3-6H3/b17-7-. The summed E-state index contributed by atoms with van der Waals surface area (Å²) in [5.74, 6) is 3.95. The molecular formula is C50H44N2. The van der Waals surface area contributed by atoms with Crippen molar-refractivity contribution in [3.05, 3.63) is 179 Å². The van der Waals surface area contributed by atoms with E-state index in [9.17, 15) is 0 Å². The van der Waals surface area contributed by atoms with Crippen molar-refractivity contribution in [3.8, 4) is 29.2 Å². The lowest BCUT2D eigenvalue weighted by molar-refractivity contribution is 0.333. The Morgan fingerprint density at radius 2 is 1.54 bits per heavy atom. The predicted octanol–water partition coefficient (Wildman–Crippen LogP) is 12.6. The van der Waals surface area contributed by atoms with Crippen molar-refractivity contribution in [3.63, 3.8) is 0 Å². The molecule has 1 fully saturated rings. The van der Waals surface area contributed by atoms with E-state index in [1.54, 1.807) is 0 Å². The number of anilines is 2. The maximum absolute atomic E-state index is 6.37. The Labute approximate surface area is 308 Å². The van der Waals surface area contributed by atoms with Gasteiger partial charge in [-0.3, -0.25) is 0 Å². The van der Waals surface area contributed by atoms with Gasteiger partial charge in [0.1, 0.15) is 0 Å². The molecule has 254 valence electrons. The number of benzene rings is 4. The molecule has 1 heterocycles. The lowest BCUT2D eigenvalue weighted by atomic mass is 9.75. The fraction of sp³-hybridized carbons (Fsp3) is 0.200. The van der Waals surface area contributed by atoms with Gasteiger partial charge in [0, 0.05) is 39.5 Å². The number of allylic oxidation sites excluding steroid dienone is 10. The molecule has 1 aromatic heterocycles. The monoisotopic (exact) mass is 672 g/mol. The zero-order valence-corrected chi connectivity index (χ0v) is 30.7. The van der Waals surface area contributed by atoms with Crippen molar-refractivity contribution in [2.45, 2.75) is 46.5 Å². The fourth-order valence-corrected chi connectivity index (χ4v) is 9.55. The number of aromatic nitrogens is 1. The van der Waals surface area contributed by atoms with Gasteiger partial charge < -0.3 is 9.47 Å². The van der Waals surface area contributed by atoms with Crippen LogP contribution in [0.4, 0.5) is 11.4 Å². The van der Waals surface area contributed by atoms with Gasteiger partial charge in [-0.05, 0) is 113 Å². The molecule has 4 aliphatic carbocycles. The topological polar surface area (TPSA) is 8.17 Å². The second kappa shape index (κ2) is 11.9. The van der Waals surface area contributed by atoms with Crippen molar-refractivity contribution in [1.29, 1.82) is 0 Å². The highest BCUT2D eigenvalue weighted by molar-refractivity contribution is 5.96. The highest BCUT2D eigenvalue weighted by Gasteiger charge is 2.47. The molecule has 1 saturated carbocycles. The zero-order chi connectivity index (χ0) is 35.8. The van der Waals surface area contributed by atoms with E-state index in [1.165, 1.54) is 39.1 Å². The Kier molecular flexibility index (Phi) is 7.35. The molecule has 9 rings (SSSR count). The maximum Gasteiger partial charge on any atom is 0.0621 e. The zero-order valence-electron chi connectivity index (χ0n) is 30.7. The summed E-state index contributed by atoms with van der Waals surface area (Å²) in [6.07, 6.45) is 28.1. The van der Waals surface area contributed by atoms with Gasteiger partial charge in [0.25, 0.3) is 0 Å². The first-order chi connectivity index (χ1) is 25.2. The van der Waals surface area contributed by atoms with E-state index in [0.717, 1.165) is 45.6 Å². The Balaban J connectivity index is 1.27. The third-order valence-electron chi connectivity index (χ3n) is 12.1. The molecule has 0 aliphatic heterocycles. The molecule has 0 spiro atoms. The van der Waals surface area contributed by atoms with E-state index in [2.05, 4.69) is 196 Å². The van der Waals surface area contributed by atoms with E-state index in [0.29, 0.717) is 11.8 Å². The molecule has 4 aliphatic rings. The van der Waals surface area contributed by atoms with Crippen LogP contribution in [-0.4, -0.2) is 4.57 Å². The lowest BCUT2D eigenvalue weighted by Gasteiger charge is -2.31. The average Bonchev–Trinajstić information content (AvgIpc) is 3.57. The van der Waals surface area contributed by atoms with Gasteiger partial charge in [0.2, 0.25) is 0 Å². The summed E-state index contributed by atoms with van der Waals surface area (Å²) in [5, 5.41) is 1.07. The summed E-state index contributed by atoms with van der Waals surface area (Å²) < 4.78 is 2.29. The van der Waals surface area contributed by atoms with Crippen molar-refractivity contribution in [2.24, 2.45) is 17.3 Å². The lowest BCUT2D eigenvalue weighted by Crippen LogP contribution is -2.22. The number of fused-ring (bicyclic) bond motifs is 7. The smallest absolute Gasteiger partial charge is 0.0621 e. The number of rotatable bonds is 5. The van der Waals surface area contributed by atoms with Gasteiger partial charge in [-0.15, -0.1) is 6.42 Å². The quantitative estimate of drug-likeness (QED) is 0.169. The molecule has 5 aromatic rings. The van der Waals surface area contributed by atoms with E-state index in [-0.39, 0.29) is 10.8 Å². The third-order valence-corrected chi connectivity index (χ3v) is 12.1. The summed E-state index contributed by atoms with van der Waals surface area (Å²) in [6, 6.07) is 33.3. The van der Waals surface area contributed by atoms with Crippen LogP contribution in [0.15, 0.2) is 156 Å². The van der Waals surface area contributed by atoms with Gasteiger partial charge in [0.05, 0.1) is 16.8 Å². The van der Waals surface area contributed by atoms with Crippen LogP contribution < -0.4 is 4.90 Å². The minimum atomic E-state index is -0.116. The summed E-state index contributed by atoms with van der Waals surface area (Å²) in [5.41, 5.74) is 15.7. The molecule has 0 saturated heterocycles. The molecule has 52 heavy (non-hydrogen) atoms. The van der Waals surface area contributed by atoms with Crippen LogP contribution in [0.25, 0.3) is 33.8 Å². The van der Waals surface area contributed by atoms with Crippen molar-refractivity contribution in [2.75, 3.05) is 4.90 Å². The van der Waals surface area contributed by atoms with Gasteiger partial charge in [-0.1, -0.05) is 125 Å². The first-order valence-corrected chi connectivity index (χ1v) is 18.6. The maximum atomic E-state index is 6.37. The minimum absolute atomic E-state index is 0.0106. The molecule has 4 aromatic carbocycles. The summed E-state index contributed by atoms with van der Waals surface area (Å²) in [6.45, 7) is 11.6. The molecule has 0 bridgehead atoms. The number of para-hydroxylation sites is 1. The molecule has 2 unspecified atom stereocenters. The molecule has 2 heteroatoms. The number of hydrogen-bond donors (Lipinski definition) is 0. The first-order valence-electron chi connectivity index (χ1n) is 18.6. The summed E-state index contributed by atoms with van der Waals surface area (Å²) in [4.78, 5) is 2.47. The minimum Gasteiger partial charge on any atom is -0.311 e. The molecular weight excluding hydrogens is 629 g/mol.